The molecule has 0 aliphatic carbocycles. The number of H-pyrrole nitrogens is 1. The second-order valence-corrected chi connectivity index (χ2v) is 28.3. The van der Waals surface area contributed by atoms with Gasteiger partial charge < -0.3 is 49.3 Å². The van der Waals surface area contributed by atoms with E-state index in [4.69, 9.17) is 18.9 Å². The molecule has 0 radical (unpaired) electrons. The Kier molecular flexibility index (Phi) is 23.3. The van der Waals surface area contributed by atoms with Gasteiger partial charge in [0, 0.05) is 73.0 Å². The molecule has 8 aromatic rings. The first-order valence-electron chi connectivity index (χ1n) is 33.2. The van der Waals surface area contributed by atoms with Crippen molar-refractivity contribution in [3.8, 4) is 16.2 Å². The number of amides is 3. The van der Waals surface area contributed by atoms with Gasteiger partial charge in [-0.3, -0.25) is 19.3 Å². The first-order chi connectivity index (χ1) is 47.0. The Labute approximate surface area is 576 Å². The summed E-state index contributed by atoms with van der Waals surface area (Å²) in [4.78, 5) is 55.4. The molecule has 3 amide bonds. The average molecular weight is 1390 g/mol. The van der Waals surface area contributed by atoms with Crippen LogP contribution in [0.1, 0.15) is 118 Å². The number of halogens is 7. The number of benzene rings is 6. The van der Waals surface area contributed by atoms with Crippen molar-refractivity contribution in [2.24, 2.45) is 5.41 Å². The Hall–Kier alpha value is -8.03. The fourth-order valence-electron chi connectivity index (χ4n) is 13.2. The third-order valence-corrected chi connectivity index (χ3v) is 19.0. The van der Waals surface area contributed by atoms with Crippen LogP contribution >= 0.6 is 11.3 Å². The quantitative estimate of drug-likeness (QED) is 0.0146. The Balaban J connectivity index is 0.742. The van der Waals surface area contributed by atoms with E-state index in [1.165, 1.54) is 25.2 Å². The first-order valence-corrected chi connectivity index (χ1v) is 34.1. The van der Waals surface area contributed by atoms with Crippen molar-refractivity contribution in [3.05, 3.63) is 214 Å². The SMILES string of the molecule is Cc1ncsc1-c1ccc(CN(C(=O)[C@@H]2C[C@@H](O)CN2C(=O)[C@@H](NC(=O)COCC(F)(F)COCCCCCOc2cc(F)c([C@@H]3c4[nH]c5ccccc5c4C[C@@H](C)N3CC(C)(C)F)c(F)c2)C(C)(C)C)C(O)C(F)(F)COC(c2ccccc2)(c2ccccc2)c2ccccc2)cc1. The second kappa shape index (κ2) is 31.2. The lowest BCUT2D eigenvalue weighted by Gasteiger charge is -2.43. The molecule has 10 rings (SSSR count). The molecular weight excluding hydrogens is 1310 g/mol. The van der Waals surface area contributed by atoms with Gasteiger partial charge in [-0.25, -0.2) is 26.9 Å². The zero-order valence-electron chi connectivity index (χ0n) is 56.5. The van der Waals surface area contributed by atoms with Gasteiger partial charge in [-0.1, -0.05) is 154 Å². The first kappa shape index (κ1) is 73.7. The number of aromatic nitrogens is 2. The number of aliphatic hydroxyl groups excluding tert-OH is 2. The predicted octanol–water partition coefficient (Wildman–Crippen LogP) is 13.7. The lowest BCUT2D eigenvalue weighted by molar-refractivity contribution is -0.219. The van der Waals surface area contributed by atoms with E-state index < -0.39 is 134 Å². The number of β-amino-alcohol motifs (C(OH)–C–C–N with tert-alkyl or cyclic N) is 1. The largest absolute Gasteiger partial charge is 0.493 e. The number of ether oxygens (including phenoxy) is 4. The molecule has 1 saturated heterocycles. The van der Waals surface area contributed by atoms with Gasteiger partial charge in [-0.05, 0) is 98.2 Å². The number of aromatic amines is 1. The highest BCUT2D eigenvalue weighted by Crippen LogP contribution is 2.46. The van der Waals surface area contributed by atoms with Crippen molar-refractivity contribution in [1.82, 2.24) is 30.0 Å². The number of alkyl halides is 5. The van der Waals surface area contributed by atoms with E-state index in [-0.39, 0.29) is 37.1 Å². The number of nitrogens with zero attached hydrogens (tertiary/aromatic N) is 4. The topological polar surface area (TPSA) is 179 Å². The molecule has 2 aromatic heterocycles. The number of fused-ring (bicyclic) bond motifs is 3. The number of carbonyl (C=O) groups excluding carboxylic acids is 3. The van der Waals surface area contributed by atoms with Crippen molar-refractivity contribution in [2.75, 3.05) is 52.7 Å². The van der Waals surface area contributed by atoms with Gasteiger partial charge in [-0.15, -0.1) is 11.3 Å². The zero-order valence-corrected chi connectivity index (χ0v) is 57.3. The maximum Gasteiger partial charge on any atom is 0.314 e. The fourth-order valence-corrected chi connectivity index (χ4v) is 14.0. The molecule has 1 fully saturated rings. The zero-order chi connectivity index (χ0) is 71.0. The Morgan fingerprint density at radius 3 is 1.94 bits per heavy atom. The molecular formula is C76H85F7N6O9S. The summed E-state index contributed by atoms with van der Waals surface area (Å²) in [5.74, 6) is -12.6. The van der Waals surface area contributed by atoms with E-state index in [9.17, 15) is 19.8 Å². The van der Waals surface area contributed by atoms with E-state index in [2.05, 4.69) is 15.3 Å². The number of unbranched alkanes of at least 4 members (excludes halogenated alkanes) is 2. The molecule has 23 heteroatoms. The molecule has 6 aromatic carbocycles. The van der Waals surface area contributed by atoms with Crippen LogP contribution in [0.5, 0.6) is 5.75 Å². The van der Waals surface area contributed by atoms with Crippen molar-refractivity contribution in [3.63, 3.8) is 0 Å². The average Bonchev–Trinajstić information content (AvgIpc) is 1.68. The lowest BCUT2D eigenvalue weighted by atomic mass is 9.80. The summed E-state index contributed by atoms with van der Waals surface area (Å²) in [7, 11) is 0. The monoisotopic (exact) mass is 1390 g/mol. The van der Waals surface area contributed by atoms with E-state index >= 15 is 35.5 Å². The Morgan fingerprint density at radius 1 is 0.768 bits per heavy atom. The van der Waals surface area contributed by atoms with Crippen LogP contribution in [-0.4, -0.2) is 153 Å². The highest BCUT2D eigenvalue weighted by Gasteiger charge is 2.52. The molecule has 2 aliphatic rings. The molecule has 0 spiro atoms. The number of aliphatic hydroxyl groups is 2. The van der Waals surface area contributed by atoms with Crippen LogP contribution in [0.3, 0.4) is 0 Å². The van der Waals surface area contributed by atoms with Crippen LogP contribution in [0.25, 0.3) is 21.3 Å². The Bertz CT molecular complexity index is 3900. The molecule has 4 heterocycles. The number of rotatable bonds is 30. The molecule has 2 aliphatic heterocycles. The molecule has 6 atom stereocenters. The van der Waals surface area contributed by atoms with Crippen molar-refractivity contribution in [1.29, 1.82) is 0 Å². The second-order valence-electron chi connectivity index (χ2n) is 27.4. The molecule has 0 saturated carbocycles. The fraction of sp³-hybridized carbons (Fsp3) is 0.421. The number of aryl methyl sites for hydroxylation is 1. The van der Waals surface area contributed by atoms with Gasteiger partial charge in [0.1, 0.15) is 67.2 Å². The van der Waals surface area contributed by atoms with E-state index in [1.807, 2.05) is 38.1 Å². The van der Waals surface area contributed by atoms with Crippen LogP contribution < -0.4 is 10.1 Å². The van der Waals surface area contributed by atoms with Crippen LogP contribution in [0.4, 0.5) is 30.7 Å². The minimum Gasteiger partial charge on any atom is -0.493 e. The van der Waals surface area contributed by atoms with Crippen LogP contribution in [-0.2, 0) is 47.2 Å². The van der Waals surface area contributed by atoms with Crippen LogP contribution in [0.15, 0.2) is 157 Å². The summed E-state index contributed by atoms with van der Waals surface area (Å²) in [6.45, 7) is 5.54. The van der Waals surface area contributed by atoms with Gasteiger partial charge in [-0.2, -0.15) is 8.78 Å². The third-order valence-electron chi connectivity index (χ3n) is 18.0. The minimum absolute atomic E-state index is 0.0494. The number of para-hydroxylation sites is 1. The van der Waals surface area contributed by atoms with Gasteiger partial charge in [0.15, 0.2) is 6.23 Å². The normalized spacial score (nSPS) is 17.7. The number of carbonyl (C=O) groups is 3. The maximum absolute atomic E-state index is 17.4. The highest BCUT2D eigenvalue weighted by atomic mass is 32.1. The molecule has 4 N–H and O–H groups in total. The number of likely N-dealkylation sites (tertiary alicyclic amines) is 1. The predicted molar refractivity (Wildman–Crippen MR) is 364 cm³/mol. The van der Waals surface area contributed by atoms with E-state index in [0.717, 1.165) is 49.6 Å². The van der Waals surface area contributed by atoms with Crippen molar-refractivity contribution < 1.29 is 74.3 Å². The Morgan fingerprint density at radius 2 is 1.35 bits per heavy atom. The van der Waals surface area contributed by atoms with Gasteiger partial charge in [0.2, 0.25) is 17.7 Å². The smallest absolute Gasteiger partial charge is 0.314 e. The third kappa shape index (κ3) is 17.4. The van der Waals surface area contributed by atoms with Crippen LogP contribution in [0, 0.1) is 24.0 Å². The molecule has 528 valence electrons. The molecule has 1 unspecified atom stereocenters. The summed E-state index contributed by atoms with van der Waals surface area (Å²) in [6.07, 6.45) is -2.98. The summed E-state index contributed by atoms with van der Waals surface area (Å²) < 4.78 is 135. The minimum atomic E-state index is -4.22. The van der Waals surface area contributed by atoms with E-state index in [0.29, 0.717) is 58.5 Å². The van der Waals surface area contributed by atoms with Crippen LogP contribution in [0.2, 0.25) is 0 Å². The number of thiazole rings is 1. The van der Waals surface area contributed by atoms with Gasteiger partial charge in [0.25, 0.3) is 5.92 Å². The van der Waals surface area contributed by atoms with Gasteiger partial charge in [0.05, 0.1) is 34.8 Å². The van der Waals surface area contributed by atoms with Crippen molar-refractivity contribution >= 4 is 40.0 Å². The summed E-state index contributed by atoms with van der Waals surface area (Å²) in [6, 6.07) is 38.4. The standard InChI is InChI=1S/C76H85F7N6O9S/c1-48-36-58-57-28-18-19-29-61(57)85-65(58)66(89(48)43-73(6,7)79)64-59(77)38-56(39-60(64)78)97-35-21-11-20-34-95-44-74(80,81)45-96-42-63(91)86-68(72(3,4)5)70(93)87-41-55(90)37-62(87)69(92)88(40-50-30-32-51(33-31-50)67-49(2)84-47-99-67)71(94)75(82,83)46-98-76(52-22-12-8-13-23-52,53-24-14-9-15-25-53)54-26-16-10-17-27-54/h8-10,12-19,22-33,38-39,47-48,55,62,66,68,71,85,90,94H,11,20-21,34-37,40-46H2,1-7H3,(H,86,91)/t48-,55-,62+,66-,68-,71?/m1/s1. The number of nitrogens with one attached hydrogen (secondary N) is 2. The maximum atomic E-state index is 17.4. The molecule has 99 heavy (non-hydrogen) atoms. The molecule has 0 bridgehead atoms. The summed E-state index contributed by atoms with van der Waals surface area (Å²) in [5, 5.41) is 26.8. The molecule has 15 nitrogen and oxygen atoms in total. The van der Waals surface area contributed by atoms with Gasteiger partial charge >= 0.3 is 5.92 Å². The van der Waals surface area contributed by atoms with E-state index in [1.54, 1.807) is 146 Å². The summed E-state index contributed by atoms with van der Waals surface area (Å²) >= 11 is 1.40. The van der Waals surface area contributed by atoms with Crippen molar-refractivity contribution in [2.45, 2.75) is 147 Å². The lowest BCUT2D eigenvalue weighted by Crippen LogP contribution is -2.60. The number of hydrogen-bond acceptors (Lipinski definition) is 12. The number of hydrogen-bond donors (Lipinski definition) is 4. The highest BCUT2D eigenvalue weighted by molar-refractivity contribution is 7.13. The summed E-state index contributed by atoms with van der Waals surface area (Å²) in [5.41, 5.74) is 2.68.